The van der Waals surface area contributed by atoms with Gasteiger partial charge in [-0.05, 0) is 30.0 Å². The topological polar surface area (TPSA) is 111 Å². The van der Waals surface area contributed by atoms with Gasteiger partial charge >= 0.3 is 24.3 Å². The van der Waals surface area contributed by atoms with Crippen molar-refractivity contribution >= 4 is 29.2 Å². The fraction of sp³-hybridized carbons (Fsp3) is 0.429. The second-order valence-electron chi connectivity index (χ2n) is 8.05. The first-order valence-electron chi connectivity index (χ1n) is 10.2. The van der Waals surface area contributed by atoms with Gasteiger partial charge in [0.15, 0.2) is 0 Å². The monoisotopic (exact) mass is 541 g/mol. The van der Waals surface area contributed by atoms with Crippen molar-refractivity contribution in [2.24, 2.45) is 5.41 Å². The number of pyridine rings is 1. The normalized spacial score (nSPS) is 16.8. The van der Waals surface area contributed by atoms with Crippen molar-refractivity contribution in [2.45, 2.75) is 25.3 Å². The van der Waals surface area contributed by atoms with Crippen LogP contribution in [0.4, 0.5) is 26.3 Å². The number of aromatic nitrogens is 1. The van der Waals surface area contributed by atoms with Crippen molar-refractivity contribution < 1.29 is 50.9 Å². The van der Waals surface area contributed by atoms with Crippen LogP contribution in [0.5, 0.6) is 0 Å². The number of aliphatic carboxylic acids is 2. The molecule has 0 aliphatic carbocycles. The second kappa shape index (κ2) is 11.7. The highest BCUT2D eigenvalue weighted by molar-refractivity contribution is 7.09. The first-order valence-corrected chi connectivity index (χ1v) is 11.1. The van der Waals surface area contributed by atoms with E-state index in [2.05, 4.69) is 27.4 Å². The van der Waals surface area contributed by atoms with E-state index in [1.807, 2.05) is 28.4 Å². The van der Waals surface area contributed by atoms with Gasteiger partial charge in [-0.3, -0.25) is 14.7 Å². The van der Waals surface area contributed by atoms with Gasteiger partial charge in [-0.15, -0.1) is 11.3 Å². The van der Waals surface area contributed by atoms with Crippen molar-refractivity contribution in [3.63, 3.8) is 0 Å². The third-order valence-corrected chi connectivity index (χ3v) is 6.06. The molecule has 0 saturated carbocycles. The molecule has 8 nitrogen and oxygen atoms in total. The summed E-state index contributed by atoms with van der Waals surface area (Å²) in [7, 11) is 0. The number of alkyl halides is 6. The molecule has 0 radical (unpaired) electrons. The molecule has 15 heteroatoms. The number of nitrogens with zero attached hydrogens (tertiary/aromatic N) is 3. The van der Waals surface area contributed by atoms with Gasteiger partial charge in [0.1, 0.15) is 0 Å². The summed E-state index contributed by atoms with van der Waals surface area (Å²) in [6, 6.07) is 7.98. The van der Waals surface area contributed by atoms with Crippen LogP contribution in [0.2, 0.25) is 0 Å². The number of rotatable bonds is 3. The summed E-state index contributed by atoms with van der Waals surface area (Å²) in [5, 5.41) is 16.4. The molecule has 0 bridgehead atoms. The van der Waals surface area contributed by atoms with E-state index >= 15 is 0 Å². The number of hydrogen-bond donors (Lipinski definition) is 2. The summed E-state index contributed by atoms with van der Waals surface area (Å²) in [6.45, 7) is 5.04. The lowest BCUT2D eigenvalue weighted by Crippen LogP contribution is -2.57. The van der Waals surface area contributed by atoms with Gasteiger partial charge in [0.25, 0.3) is 5.91 Å². The summed E-state index contributed by atoms with van der Waals surface area (Å²) in [6.07, 6.45) is -5.67. The Morgan fingerprint density at radius 3 is 2.00 bits per heavy atom. The van der Waals surface area contributed by atoms with Crippen LogP contribution in [0.15, 0.2) is 42.0 Å². The molecule has 1 spiro atoms. The molecule has 36 heavy (non-hydrogen) atoms. The highest BCUT2D eigenvalue weighted by Crippen LogP contribution is 2.40. The second-order valence-corrected chi connectivity index (χ2v) is 9.08. The average Bonchev–Trinajstić information content (AvgIpc) is 3.44. The molecule has 4 heterocycles. The molecule has 2 aromatic rings. The van der Waals surface area contributed by atoms with Gasteiger partial charge in [-0.25, -0.2) is 9.59 Å². The number of carboxylic acid groups (broad SMARTS) is 2. The highest BCUT2D eigenvalue weighted by atomic mass is 32.1. The van der Waals surface area contributed by atoms with Crippen LogP contribution in [-0.2, 0) is 16.1 Å². The van der Waals surface area contributed by atoms with E-state index in [4.69, 9.17) is 19.8 Å². The number of carbonyl (C=O) groups excluding carboxylic acids is 1. The number of carbonyl (C=O) groups is 3. The van der Waals surface area contributed by atoms with E-state index in [1.165, 1.54) is 4.88 Å². The van der Waals surface area contributed by atoms with Crippen molar-refractivity contribution in [2.75, 3.05) is 26.2 Å². The third-order valence-electron chi connectivity index (χ3n) is 5.20. The number of hydrogen-bond acceptors (Lipinski definition) is 6. The van der Waals surface area contributed by atoms with E-state index < -0.39 is 24.3 Å². The molecule has 2 fully saturated rings. The minimum Gasteiger partial charge on any atom is -0.475 e. The molecule has 0 aromatic carbocycles. The quantitative estimate of drug-likeness (QED) is 0.570. The zero-order valence-electron chi connectivity index (χ0n) is 18.4. The van der Waals surface area contributed by atoms with Gasteiger partial charge in [-0.1, -0.05) is 6.07 Å². The number of thiophene rings is 1. The van der Waals surface area contributed by atoms with E-state index in [1.54, 1.807) is 12.4 Å². The Morgan fingerprint density at radius 1 is 0.972 bits per heavy atom. The molecule has 1 amide bonds. The van der Waals surface area contributed by atoms with Crippen LogP contribution in [-0.4, -0.2) is 81.4 Å². The Morgan fingerprint density at radius 2 is 1.56 bits per heavy atom. The van der Waals surface area contributed by atoms with E-state index in [0.29, 0.717) is 11.0 Å². The van der Waals surface area contributed by atoms with Crippen LogP contribution in [0.3, 0.4) is 0 Å². The molecule has 0 atom stereocenters. The molecular weight excluding hydrogens is 520 g/mol. The molecular formula is C21H21F6N3O5S. The van der Waals surface area contributed by atoms with Gasteiger partial charge in [0.2, 0.25) is 0 Å². The van der Waals surface area contributed by atoms with Gasteiger partial charge in [0, 0.05) is 55.4 Å². The van der Waals surface area contributed by atoms with Crippen LogP contribution in [0.1, 0.15) is 21.7 Å². The zero-order valence-corrected chi connectivity index (χ0v) is 19.2. The lowest BCUT2D eigenvalue weighted by atomic mass is 9.79. The Balaban J connectivity index is 0.000000271. The summed E-state index contributed by atoms with van der Waals surface area (Å²) < 4.78 is 63.5. The number of halogens is 6. The Bertz CT molecular complexity index is 1000. The maximum absolute atomic E-state index is 12.5. The zero-order chi connectivity index (χ0) is 27.1. The van der Waals surface area contributed by atoms with Gasteiger partial charge < -0.3 is 15.1 Å². The first kappa shape index (κ1) is 29.0. The van der Waals surface area contributed by atoms with Crippen molar-refractivity contribution in [3.8, 4) is 0 Å². The average molecular weight is 541 g/mol. The van der Waals surface area contributed by atoms with Gasteiger partial charge in [0.05, 0.1) is 5.56 Å². The smallest absolute Gasteiger partial charge is 0.475 e. The molecule has 2 aromatic heterocycles. The van der Waals surface area contributed by atoms with E-state index in [-0.39, 0.29) is 5.91 Å². The van der Waals surface area contributed by atoms with Crippen molar-refractivity contribution in [3.05, 3.63) is 52.5 Å². The fourth-order valence-corrected chi connectivity index (χ4v) is 4.42. The molecule has 2 aliphatic rings. The Hall–Kier alpha value is -3.20. The first-order chi connectivity index (χ1) is 16.6. The number of carboxylic acids is 2. The maximum atomic E-state index is 12.5. The largest absolute Gasteiger partial charge is 0.490 e. The summed E-state index contributed by atoms with van der Waals surface area (Å²) in [5.41, 5.74) is 1.03. The Kier molecular flexibility index (Phi) is 9.43. The molecule has 2 aliphatic heterocycles. The summed E-state index contributed by atoms with van der Waals surface area (Å²) in [5.74, 6) is -5.39. The minimum atomic E-state index is -5.08. The fourth-order valence-electron chi connectivity index (χ4n) is 3.68. The van der Waals surface area contributed by atoms with Crippen molar-refractivity contribution in [1.29, 1.82) is 0 Å². The van der Waals surface area contributed by atoms with Crippen LogP contribution >= 0.6 is 11.3 Å². The van der Waals surface area contributed by atoms with Crippen LogP contribution < -0.4 is 0 Å². The standard InChI is InChI=1S/C17H19N3OS.2C2HF3O2/c21-16(14-3-1-6-18-9-14)20-7-5-17(13-20)11-19(12-17)10-15-4-2-8-22-15;2*3-2(4,5)1(6)7/h1-4,6,8-9H,5,7,10-13H2;2*(H,6,7). The Labute approximate surface area is 204 Å². The third kappa shape index (κ3) is 8.48. The molecule has 4 rings (SSSR count). The van der Waals surface area contributed by atoms with Crippen LogP contribution in [0.25, 0.3) is 0 Å². The summed E-state index contributed by atoms with van der Waals surface area (Å²) in [4.78, 5) is 40.2. The lowest BCUT2D eigenvalue weighted by molar-refractivity contribution is -0.193. The van der Waals surface area contributed by atoms with Crippen LogP contribution in [0, 0.1) is 5.41 Å². The highest BCUT2D eigenvalue weighted by Gasteiger charge is 2.48. The van der Waals surface area contributed by atoms with E-state index in [0.717, 1.165) is 39.1 Å². The predicted octanol–water partition coefficient (Wildman–Crippen LogP) is 3.76. The van der Waals surface area contributed by atoms with Crippen molar-refractivity contribution in [1.82, 2.24) is 14.8 Å². The number of likely N-dealkylation sites (tertiary alicyclic amines) is 2. The summed E-state index contributed by atoms with van der Waals surface area (Å²) >= 11 is 1.82. The van der Waals surface area contributed by atoms with E-state index in [9.17, 15) is 31.1 Å². The molecule has 2 N–H and O–H groups in total. The molecule has 2 saturated heterocycles. The molecule has 0 unspecified atom stereocenters. The lowest BCUT2D eigenvalue weighted by Gasteiger charge is -2.48. The number of amides is 1. The maximum Gasteiger partial charge on any atom is 0.490 e. The SMILES string of the molecule is O=C(O)C(F)(F)F.O=C(O)C(F)(F)F.O=C(c1cccnc1)N1CCC2(CN(Cc3cccs3)C2)C1. The van der Waals surface area contributed by atoms with Gasteiger partial charge in [-0.2, -0.15) is 26.3 Å². The predicted molar refractivity (Wildman–Crippen MR) is 114 cm³/mol. The minimum absolute atomic E-state index is 0.127. The molecule has 198 valence electrons.